The van der Waals surface area contributed by atoms with E-state index < -0.39 is 61.2 Å². The molecule has 0 aliphatic carbocycles. The SMILES string of the molecule is CO[C@H]1O[C@H](CO[C@@H]2O[C@H](COC(=O)c3ccccc3)[C@H](N=[N+]=[N-])[C@H]2O)[C@@H](OCc2ccccc2)[C@H](OCc2ccccc2)[C@H]1OCc1ccccc1. The number of aliphatic hydroxyl groups is 1. The summed E-state index contributed by atoms with van der Waals surface area (Å²) in [6.45, 7) is 0.338. The number of hydrogen-bond donors (Lipinski definition) is 1. The highest BCUT2D eigenvalue weighted by atomic mass is 16.7. The Balaban J connectivity index is 1.21. The molecule has 9 atom stereocenters. The Morgan fingerprint density at radius 1 is 0.660 bits per heavy atom. The monoisotopic (exact) mass is 725 g/mol. The van der Waals surface area contributed by atoms with E-state index in [2.05, 4.69) is 10.0 Å². The van der Waals surface area contributed by atoms with Crippen molar-refractivity contribution in [1.82, 2.24) is 0 Å². The minimum atomic E-state index is -1.37. The first kappa shape index (κ1) is 38.1. The molecule has 53 heavy (non-hydrogen) atoms. The van der Waals surface area contributed by atoms with E-state index in [9.17, 15) is 15.4 Å². The lowest BCUT2D eigenvalue weighted by Gasteiger charge is -2.45. The number of hydrogen-bond acceptors (Lipinski definition) is 11. The van der Waals surface area contributed by atoms with E-state index in [1.54, 1.807) is 30.3 Å². The van der Waals surface area contributed by atoms with Crippen LogP contribution in [0.1, 0.15) is 27.0 Å². The predicted octanol–water partition coefficient (Wildman–Crippen LogP) is 5.75. The molecule has 2 fully saturated rings. The number of benzene rings is 4. The van der Waals surface area contributed by atoms with Crippen LogP contribution < -0.4 is 0 Å². The molecule has 278 valence electrons. The number of esters is 1. The van der Waals surface area contributed by atoms with E-state index in [0.29, 0.717) is 5.56 Å². The van der Waals surface area contributed by atoms with Gasteiger partial charge in [-0.3, -0.25) is 0 Å². The first-order valence-electron chi connectivity index (χ1n) is 17.4. The van der Waals surface area contributed by atoms with E-state index in [0.717, 1.165) is 16.7 Å². The predicted molar refractivity (Wildman–Crippen MR) is 191 cm³/mol. The van der Waals surface area contributed by atoms with Gasteiger partial charge < -0.3 is 43.0 Å². The van der Waals surface area contributed by atoms with E-state index in [1.165, 1.54) is 7.11 Å². The van der Waals surface area contributed by atoms with Gasteiger partial charge in [0.15, 0.2) is 12.6 Å². The molecule has 4 aromatic rings. The van der Waals surface area contributed by atoms with Gasteiger partial charge in [-0.05, 0) is 34.4 Å². The van der Waals surface area contributed by atoms with Crippen LogP contribution in [0.3, 0.4) is 0 Å². The average molecular weight is 726 g/mol. The van der Waals surface area contributed by atoms with Crippen molar-refractivity contribution in [2.24, 2.45) is 5.11 Å². The number of nitrogens with zero attached hydrogens (tertiary/aromatic N) is 3. The molecule has 0 amide bonds. The summed E-state index contributed by atoms with van der Waals surface area (Å²) < 4.78 is 49.6. The average Bonchev–Trinajstić information content (AvgIpc) is 3.51. The maximum Gasteiger partial charge on any atom is 0.338 e. The van der Waals surface area contributed by atoms with Gasteiger partial charge in [-0.25, -0.2) is 4.79 Å². The van der Waals surface area contributed by atoms with E-state index in [-0.39, 0.29) is 33.0 Å². The lowest BCUT2D eigenvalue weighted by Crippen LogP contribution is -2.61. The Morgan fingerprint density at radius 3 is 1.68 bits per heavy atom. The van der Waals surface area contributed by atoms with Crippen molar-refractivity contribution in [3.05, 3.63) is 154 Å². The van der Waals surface area contributed by atoms with Crippen LogP contribution in [0.15, 0.2) is 126 Å². The fourth-order valence-corrected chi connectivity index (χ4v) is 6.27. The van der Waals surface area contributed by atoms with Gasteiger partial charge in [-0.15, -0.1) is 0 Å². The zero-order valence-electron chi connectivity index (χ0n) is 29.2. The van der Waals surface area contributed by atoms with Crippen molar-refractivity contribution < 1.29 is 47.8 Å². The maximum absolute atomic E-state index is 12.6. The van der Waals surface area contributed by atoms with Gasteiger partial charge in [0.2, 0.25) is 0 Å². The van der Waals surface area contributed by atoms with Crippen molar-refractivity contribution in [3.63, 3.8) is 0 Å². The highest BCUT2D eigenvalue weighted by Crippen LogP contribution is 2.33. The molecule has 2 heterocycles. The number of azide groups is 1. The van der Waals surface area contributed by atoms with E-state index >= 15 is 0 Å². The third kappa shape index (κ3) is 10.3. The van der Waals surface area contributed by atoms with Crippen molar-refractivity contribution >= 4 is 5.97 Å². The highest BCUT2D eigenvalue weighted by Gasteiger charge is 2.50. The third-order valence-electron chi connectivity index (χ3n) is 9.00. The molecule has 6 rings (SSSR count). The van der Waals surface area contributed by atoms with Gasteiger partial charge in [-0.1, -0.05) is 114 Å². The first-order chi connectivity index (χ1) is 26.0. The second kappa shape index (κ2) is 19.4. The molecular formula is C40H43N3O10. The topological polar surface area (TPSA) is 160 Å². The summed E-state index contributed by atoms with van der Waals surface area (Å²) in [5, 5.41) is 14.9. The van der Waals surface area contributed by atoms with Crippen LogP contribution in [0.25, 0.3) is 10.4 Å². The van der Waals surface area contributed by atoms with Crippen molar-refractivity contribution in [1.29, 1.82) is 0 Å². The zero-order chi connectivity index (χ0) is 36.8. The maximum atomic E-state index is 12.6. The van der Waals surface area contributed by atoms with Gasteiger partial charge in [0.25, 0.3) is 0 Å². The molecule has 0 unspecified atom stereocenters. The molecule has 13 nitrogen and oxygen atoms in total. The summed E-state index contributed by atoms with van der Waals surface area (Å²) in [6, 6.07) is 36.6. The van der Waals surface area contributed by atoms with Crippen molar-refractivity contribution in [2.45, 2.75) is 75.1 Å². The molecular weight excluding hydrogens is 682 g/mol. The number of ether oxygens (including phenoxy) is 8. The summed E-state index contributed by atoms with van der Waals surface area (Å²) in [6.07, 6.45) is -7.45. The number of methoxy groups -OCH3 is 1. The molecule has 2 aliphatic rings. The molecule has 0 radical (unpaired) electrons. The molecule has 4 aromatic carbocycles. The molecule has 0 saturated carbocycles. The van der Waals surface area contributed by atoms with Gasteiger partial charge in [-0.2, -0.15) is 0 Å². The molecule has 1 N–H and O–H groups in total. The Morgan fingerprint density at radius 2 is 1.15 bits per heavy atom. The molecule has 0 aromatic heterocycles. The summed E-state index contributed by atoms with van der Waals surface area (Å²) in [5.74, 6) is -0.585. The normalized spacial score (nSPS) is 26.8. The zero-order valence-corrected chi connectivity index (χ0v) is 29.2. The Bertz CT molecular complexity index is 1730. The summed E-state index contributed by atoms with van der Waals surface area (Å²) in [7, 11) is 1.52. The van der Waals surface area contributed by atoms with Gasteiger partial charge in [0.05, 0.1) is 38.0 Å². The molecule has 13 heteroatoms. The quantitative estimate of drug-likeness (QED) is 0.0615. The van der Waals surface area contributed by atoms with Crippen LogP contribution in [0.5, 0.6) is 0 Å². The standard InChI is InChI=1S/C40H43N3O10/c1-46-40-37(49-24-29-18-10-4-11-19-29)36(48-23-28-16-8-3-9-17-28)35(47-22-27-14-6-2-7-15-27)32(53-40)26-51-39-34(44)33(42-43-41)31(52-39)25-50-38(45)30-20-12-5-13-21-30/h2-21,31-37,39-40,44H,22-26H2,1H3/t31-,32-,33+,34-,35-,36+,37-,39-,40+/m1/s1. The highest BCUT2D eigenvalue weighted by molar-refractivity contribution is 5.89. The minimum Gasteiger partial charge on any atom is -0.459 e. The number of carbonyl (C=O) groups excluding carboxylic acids is 1. The molecule has 2 aliphatic heterocycles. The smallest absolute Gasteiger partial charge is 0.338 e. The Kier molecular flexibility index (Phi) is 14.0. The molecule has 0 bridgehead atoms. The van der Waals surface area contributed by atoms with Gasteiger partial charge in [0, 0.05) is 12.0 Å². The largest absolute Gasteiger partial charge is 0.459 e. The van der Waals surface area contributed by atoms with Gasteiger partial charge >= 0.3 is 5.97 Å². The van der Waals surface area contributed by atoms with E-state index in [4.69, 9.17) is 37.9 Å². The number of rotatable bonds is 17. The summed E-state index contributed by atoms with van der Waals surface area (Å²) >= 11 is 0. The lowest BCUT2D eigenvalue weighted by atomic mass is 9.97. The van der Waals surface area contributed by atoms with Crippen LogP contribution >= 0.6 is 0 Å². The van der Waals surface area contributed by atoms with E-state index in [1.807, 2.05) is 91.0 Å². The van der Waals surface area contributed by atoms with Crippen LogP contribution in [0.2, 0.25) is 0 Å². The van der Waals surface area contributed by atoms with Crippen LogP contribution in [0.4, 0.5) is 0 Å². The first-order valence-corrected chi connectivity index (χ1v) is 17.4. The van der Waals surface area contributed by atoms with Crippen molar-refractivity contribution in [3.8, 4) is 0 Å². The van der Waals surface area contributed by atoms with Gasteiger partial charge in [0.1, 0.15) is 43.2 Å². The summed E-state index contributed by atoms with van der Waals surface area (Å²) in [5.41, 5.74) is 12.4. The fourth-order valence-electron chi connectivity index (χ4n) is 6.27. The second-order valence-corrected chi connectivity index (χ2v) is 12.6. The Labute approximate surface area is 307 Å². The van der Waals surface area contributed by atoms with Crippen LogP contribution in [-0.2, 0) is 57.7 Å². The number of carbonyl (C=O) groups is 1. The Hall–Kier alpha value is -4.66. The second-order valence-electron chi connectivity index (χ2n) is 12.6. The molecule has 2 saturated heterocycles. The van der Waals surface area contributed by atoms with Crippen LogP contribution in [0, 0.1) is 0 Å². The molecule has 0 spiro atoms. The van der Waals surface area contributed by atoms with Crippen LogP contribution in [-0.4, -0.2) is 86.6 Å². The summed E-state index contributed by atoms with van der Waals surface area (Å²) in [4.78, 5) is 15.5. The third-order valence-corrected chi connectivity index (χ3v) is 9.00. The lowest BCUT2D eigenvalue weighted by molar-refractivity contribution is -0.328. The number of aliphatic hydroxyl groups excluding tert-OH is 1. The van der Waals surface area contributed by atoms with Crippen molar-refractivity contribution in [2.75, 3.05) is 20.3 Å². The minimum absolute atomic E-state index is 0.142. The fraction of sp³-hybridized carbons (Fsp3) is 0.375.